The predicted octanol–water partition coefficient (Wildman–Crippen LogP) is 6.53. The molecular weight excluding hydrogens is 335 g/mol. The summed E-state index contributed by atoms with van der Waals surface area (Å²) in [4.78, 5) is 0. The molecule has 0 aliphatic carbocycles. The Morgan fingerprint density at radius 3 is 1.96 bits per heavy atom. The van der Waals surface area contributed by atoms with E-state index in [1.54, 1.807) is 60.7 Å². The second-order valence-electron chi connectivity index (χ2n) is 5.32. The van der Waals surface area contributed by atoms with Gasteiger partial charge in [0.15, 0.2) is 0 Å². The first-order chi connectivity index (χ1) is 12.1. The lowest BCUT2D eigenvalue weighted by Gasteiger charge is -2.20. The molecule has 0 saturated heterocycles. The minimum Gasteiger partial charge on any atom is -0.390 e. The van der Waals surface area contributed by atoms with Crippen molar-refractivity contribution in [2.45, 2.75) is 26.2 Å². The van der Waals surface area contributed by atoms with Crippen molar-refractivity contribution >= 4 is 7.82 Å². The Labute approximate surface area is 149 Å². The number of para-hydroxylation sites is 2. The van der Waals surface area contributed by atoms with Gasteiger partial charge in [0.2, 0.25) is 0 Å². The van der Waals surface area contributed by atoms with Crippen molar-refractivity contribution in [2.75, 3.05) is 0 Å². The van der Waals surface area contributed by atoms with Crippen LogP contribution in [0.15, 0.2) is 85.2 Å². The third kappa shape index (κ3) is 6.52. The Hall–Kier alpha value is -2.45. The third-order valence-corrected chi connectivity index (χ3v) is 4.56. The summed E-state index contributed by atoms with van der Waals surface area (Å²) in [7, 11) is -3.91. The molecule has 0 unspecified atom stereocenters. The third-order valence-electron chi connectivity index (χ3n) is 3.23. The molecule has 2 aromatic rings. The zero-order valence-electron chi connectivity index (χ0n) is 14.3. The van der Waals surface area contributed by atoms with E-state index in [9.17, 15) is 4.57 Å². The van der Waals surface area contributed by atoms with E-state index in [1.807, 2.05) is 12.1 Å². The molecular formula is C20H23O4P. The molecule has 0 aliphatic rings. The summed E-state index contributed by atoms with van der Waals surface area (Å²) in [6, 6.07) is 17.7. The number of hydrogen-bond acceptors (Lipinski definition) is 4. The topological polar surface area (TPSA) is 44.8 Å². The van der Waals surface area contributed by atoms with E-state index in [1.165, 1.54) is 0 Å². The minimum atomic E-state index is -3.91. The van der Waals surface area contributed by atoms with E-state index in [-0.39, 0.29) is 0 Å². The molecule has 0 bridgehead atoms. The monoisotopic (exact) mass is 358 g/mol. The molecule has 0 aromatic heterocycles. The summed E-state index contributed by atoms with van der Waals surface area (Å²) in [5.74, 6) is 1.34. The van der Waals surface area contributed by atoms with Crippen molar-refractivity contribution in [3.05, 3.63) is 85.2 Å². The number of phosphoric acid groups is 1. The van der Waals surface area contributed by atoms with Crippen LogP contribution in [0.1, 0.15) is 26.2 Å². The van der Waals surface area contributed by atoms with Gasteiger partial charge in [0.05, 0.1) is 0 Å². The SMILES string of the molecule is C=C/C=C(/CCCC)OP(=O)(Oc1ccccc1)Oc1ccccc1. The largest absolute Gasteiger partial charge is 0.646 e. The zero-order chi connectivity index (χ0) is 18.0. The first-order valence-electron chi connectivity index (χ1n) is 8.25. The maximum Gasteiger partial charge on any atom is 0.646 e. The molecule has 0 saturated carbocycles. The standard InChI is InChI=1S/C20H23O4P/c1-3-5-13-18(12-4-2)22-25(21,23-19-14-8-6-9-15-19)24-20-16-10-7-11-17-20/h4,6-12,14-17H,2-3,5,13H2,1H3/b18-12-. The van der Waals surface area contributed by atoms with E-state index in [2.05, 4.69) is 13.5 Å². The normalized spacial score (nSPS) is 11.6. The van der Waals surface area contributed by atoms with Gasteiger partial charge in [-0.05, 0) is 36.8 Å². The molecule has 2 rings (SSSR count). The summed E-state index contributed by atoms with van der Waals surface area (Å²) < 4.78 is 30.1. The van der Waals surface area contributed by atoms with Gasteiger partial charge in [0.1, 0.15) is 17.3 Å². The fourth-order valence-corrected chi connectivity index (χ4v) is 3.37. The van der Waals surface area contributed by atoms with E-state index < -0.39 is 7.82 Å². The van der Waals surface area contributed by atoms with Gasteiger partial charge >= 0.3 is 7.82 Å². The second kappa shape index (κ2) is 9.75. The minimum absolute atomic E-state index is 0.412. The van der Waals surface area contributed by atoms with Gasteiger partial charge in [-0.3, -0.25) is 0 Å². The van der Waals surface area contributed by atoms with Crippen LogP contribution < -0.4 is 9.05 Å². The number of unbranched alkanes of at least 4 members (excludes halogenated alkanes) is 1. The molecule has 0 aliphatic heterocycles. The fourth-order valence-electron chi connectivity index (χ4n) is 2.06. The lowest BCUT2D eigenvalue weighted by atomic mass is 10.2. The van der Waals surface area contributed by atoms with Crippen LogP contribution in [0, 0.1) is 0 Å². The highest BCUT2D eigenvalue weighted by molar-refractivity contribution is 7.49. The average Bonchev–Trinajstić information content (AvgIpc) is 2.61. The number of phosphoric ester groups is 1. The molecule has 0 amide bonds. The van der Waals surface area contributed by atoms with Crippen molar-refractivity contribution < 1.29 is 18.1 Å². The summed E-state index contributed by atoms with van der Waals surface area (Å²) in [6.45, 7) is 5.75. The van der Waals surface area contributed by atoms with Crippen LogP contribution in [0.25, 0.3) is 0 Å². The highest BCUT2D eigenvalue weighted by atomic mass is 31.2. The van der Waals surface area contributed by atoms with Crippen molar-refractivity contribution in [2.24, 2.45) is 0 Å². The van der Waals surface area contributed by atoms with Crippen molar-refractivity contribution in [3.63, 3.8) is 0 Å². The molecule has 2 aromatic carbocycles. The summed E-state index contributed by atoms with van der Waals surface area (Å²) in [5.41, 5.74) is 0. The van der Waals surface area contributed by atoms with Crippen LogP contribution in [-0.4, -0.2) is 0 Å². The molecule has 25 heavy (non-hydrogen) atoms. The van der Waals surface area contributed by atoms with E-state index in [4.69, 9.17) is 13.6 Å². The maximum atomic E-state index is 13.3. The van der Waals surface area contributed by atoms with Crippen LogP contribution in [-0.2, 0) is 9.09 Å². The highest BCUT2D eigenvalue weighted by Crippen LogP contribution is 2.51. The van der Waals surface area contributed by atoms with Crippen LogP contribution >= 0.6 is 7.82 Å². The van der Waals surface area contributed by atoms with Gasteiger partial charge < -0.3 is 13.6 Å². The van der Waals surface area contributed by atoms with Gasteiger partial charge in [0, 0.05) is 6.42 Å². The average molecular weight is 358 g/mol. The zero-order valence-corrected chi connectivity index (χ0v) is 15.2. The Bertz CT molecular complexity index is 680. The maximum absolute atomic E-state index is 13.3. The summed E-state index contributed by atoms with van der Waals surface area (Å²) in [5, 5.41) is 0. The Kier molecular flexibility index (Phi) is 7.36. The fraction of sp³-hybridized carbons (Fsp3) is 0.200. The highest BCUT2D eigenvalue weighted by Gasteiger charge is 2.33. The molecule has 4 nitrogen and oxygen atoms in total. The Morgan fingerprint density at radius 1 is 1.00 bits per heavy atom. The molecule has 5 heteroatoms. The Morgan fingerprint density at radius 2 is 1.52 bits per heavy atom. The first kappa shape index (κ1) is 18.9. The summed E-state index contributed by atoms with van der Waals surface area (Å²) in [6.07, 6.45) is 5.80. The molecule has 0 radical (unpaired) electrons. The van der Waals surface area contributed by atoms with Crippen molar-refractivity contribution in [1.82, 2.24) is 0 Å². The van der Waals surface area contributed by atoms with Gasteiger partial charge in [-0.15, -0.1) is 0 Å². The van der Waals surface area contributed by atoms with Crippen LogP contribution in [0.4, 0.5) is 0 Å². The molecule has 0 atom stereocenters. The van der Waals surface area contributed by atoms with Crippen molar-refractivity contribution in [1.29, 1.82) is 0 Å². The van der Waals surface area contributed by atoms with Crippen LogP contribution in [0.3, 0.4) is 0 Å². The lowest BCUT2D eigenvalue weighted by molar-refractivity contribution is 0.249. The molecule has 0 spiro atoms. The Balaban J connectivity index is 2.25. The number of benzene rings is 2. The predicted molar refractivity (Wildman–Crippen MR) is 101 cm³/mol. The molecule has 132 valence electrons. The van der Waals surface area contributed by atoms with Gasteiger partial charge in [-0.1, -0.05) is 62.4 Å². The smallest absolute Gasteiger partial charge is 0.390 e. The van der Waals surface area contributed by atoms with Crippen LogP contribution in [0.5, 0.6) is 11.5 Å². The van der Waals surface area contributed by atoms with Gasteiger partial charge in [0.25, 0.3) is 0 Å². The van der Waals surface area contributed by atoms with E-state index in [0.717, 1.165) is 12.8 Å². The lowest BCUT2D eigenvalue weighted by Crippen LogP contribution is -2.05. The van der Waals surface area contributed by atoms with Gasteiger partial charge in [-0.2, -0.15) is 4.57 Å². The van der Waals surface area contributed by atoms with E-state index >= 15 is 0 Å². The van der Waals surface area contributed by atoms with E-state index in [0.29, 0.717) is 23.7 Å². The van der Waals surface area contributed by atoms with Gasteiger partial charge in [-0.25, -0.2) is 0 Å². The molecule has 0 N–H and O–H groups in total. The number of rotatable bonds is 10. The second-order valence-corrected chi connectivity index (χ2v) is 6.76. The number of hydrogen-bond donors (Lipinski definition) is 0. The quantitative estimate of drug-likeness (QED) is 0.275. The first-order valence-corrected chi connectivity index (χ1v) is 9.72. The molecule has 0 fully saturated rings. The molecule has 0 heterocycles. The van der Waals surface area contributed by atoms with Crippen LogP contribution in [0.2, 0.25) is 0 Å². The summed E-state index contributed by atoms with van der Waals surface area (Å²) >= 11 is 0. The van der Waals surface area contributed by atoms with Crippen molar-refractivity contribution in [3.8, 4) is 11.5 Å². The number of allylic oxidation sites excluding steroid dienone is 3.